The molecule has 100 valence electrons. The minimum atomic E-state index is 0.215. The quantitative estimate of drug-likeness (QED) is 0.797. The average molecular weight is 367 g/mol. The van der Waals surface area contributed by atoms with Gasteiger partial charge < -0.3 is 10.5 Å². The minimum Gasteiger partial charge on any atom is -0.456 e. The molecular weight excluding hydrogens is 349 g/mol. The molecule has 0 saturated carbocycles. The fourth-order valence-corrected chi connectivity index (χ4v) is 2.34. The van der Waals surface area contributed by atoms with Crippen LogP contribution < -0.4 is 10.5 Å². The normalized spacial score (nSPS) is 12.2. The van der Waals surface area contributed by atoms with Gasteiger partial charge in [0.1, 0.15) is 11.5 Å². The maximum atomic E-state index is 5.99. The van der Waals surface area contributed by atoms with Crippen LogP contribution in [0.15, 0.2) is 48.5 Å². The molecule has 0 spiro atoms. The van der Waals surface area contributed by atoms with Crippen LogP contribution in [0, 0.1) is 3.57 Å². The van der Waals surface area contributed by atoms with E-state index in [0.717, 1.165) is 27.9 Å². The summed E-state index contributed by atoms with van der Waals surface area (Å²) in [6.07, 6.45) is 1.88. The Morgan fingerprint density at radius 3 is 2.68 bits per heavy atom. The lowest BCUT2D eigenvalue weighted by Gasteiger charge is -2.11. The Bertz CT molecular complexity index is 542. The molecule has 0 amide bonds. The zero-order chi connectivity index (χ0) is 13.7. The lowest BCUT2D eigenvalue weighted by molar-refractivity contribution is 0.478. The molecule has 0 aliphatic carbocycles. The molecule has 2 nitrogen and oxygen atoms in total. The summed E-state index contributed by atoms with van der Waals surface area (Å²) in [7, 11) is 0. The number of rotatable bonds is 5. The fraction of sp³-hybridized carbons (Fsp3) is 0.250. The van der Waals surface area contributed by atoms with Crippen molar-refractivity contribution in [3.8, 4) is 11.5 Å². The largest absolute Gasteiger partial charge is 0.456 e. The van der Waals surface area contributed by atoms with Crippen LogP contribution in [0.4, 0.5) is 0 Å². The topological polar surface area (TPSA) is 35.2 Å². The van der Waals surface area contributed by atoms with Gasteiger partial charge in [0.25, 0.3) is 0 Å². The smallest absolute Gasteiger partial charge is 0.140 e. The number of hydrogen-bond donors (Lipinski definition) is 1. The van der Waals surface area contributed by atoms with Gasteiger partial charge >= 0.3 is 0 Å². The molecule has 0 bridgehead atoms. The Balaban J connectivity index is 2.13. The van der Waals surface area contributed by atoms with Crippen molar-refractivity contribution in [3.63, 3.8) is 0 Å². The highest BCUT2D eigenvalue weighted by Gasteiger charge is 2.05. The van der Waals surface area contributed by atoms with Crippen LogP contribution in [0.5, 0.6) is 11.5 Å². The van der Waals surface area contributed by atoms with E-state index < -0.39 is 0 Å². The van der Waals surface area contributed by atoms with Gasteiger partial charge in [-0.1, -0.05) is 31.2 Å². The summed E-state index contributed by atoms with van der Waals surface area (Å²) in [6, 6.07) is 16.4. The second-order valence-corrected chi connectivity index (χ2v) is 5.71. The third kappa shape index (κ3) is 4.21. The van der Waals surface area contributed by atoms with Gasteiger partial charge in [0, 0.05) is 6.04 Å². The number of benzene rings is 2. The van der Waals surface area contributed by atoms with Crippen LogP contribution in [-0.4, -0.2) is 6.04 Å². The summed E-state index contributed by atoms with van der Waals surface area (Å²) < 4.78 is 7.02. The molecule has 0 radical (unpaired) electrons. The maximum absolute atomic E-state index is 5.99. The van der Waals surface area contributed by atoms with Crippen molar-refractivity contribution in [1.29, 1.82) is 0 Å². The lowest BCUT2D eigenvalue weighted by atomic mass is 10.0. The monoisotopic (exact) mass is 367 g/mol. The Hall–Kier alpha value is -1.07. The molecule has 2 aromatic carbocycles. The predicted octanol–water partition coefficient (Wildman–Crippen LogP) is 4.36. The maximum Gasteiger partial charge on any atom is 0.140 e. The highest BCUT2D eigenvalue weighted by Crippen LogP contribution is 2.27. The summed E-state index contributed by atoms with van der Waals surface area (Å²) in [6.45, 7) is 2.11. The van der Waals surface area contributed by atoms with Crippen molar-refractivity contribution >= 4 is 22.6 Å². The molecule has 0 heterocycles. The standard InChI is InChI=1S/C16H18INO/c1-2-13(18)10-12-6-5-7-14(11-12)19-16-9-4-3-8-15(16)17/h3-9,11,13H,2,10,18H2,1H3. The third-order valence-electron chi connectivity index (χ3n) is 2.99. The Morgan fingerprint density at radius 1 is 1.16 bits per heavy atom. The van der Waals surface area contributed by atoms with E-state index in [1.807, 2.05) is 36.4 Å². The molecule has 2 aromatic rings. The molecule has 2 N–H and O–H groups in total. The Kier molecular flexibility index (Phi) is 5.22. The van der Waals surface area contributed by atoms with E-state index >= 15 is 0 Å². The molecule has 0 fully saturated rings. The molecule has 0 aromatic heterocycles. The van der Waals surface area contributed by atoms with Crippen molar-refractivity contribution in [2.24, 2.45) is 5.73 Å². The van der Waals surface area contributed by atoms with E-state index in [-0.39, 0.29) is 6.04 Å². The molecule has 2 rings (SSSR count). The minimum absolute atomic E-state index is 0.215. The first kappa shape index (κ1) is 14.3. The van der Waals surface area contributed by atoms with Crippen LogP contribution >= 0.6 is 22.6 Å². The second-order valence-electron chi connectivity index (χ2n) is 4.55. The molecule has 19 heavy (non-hydrogen) atoms. The summed E-state index contributed by atoms with van der Waals surface area (Å²) >= 11 is 2.28. The van der Waals surface area contributed by atoms with Gasteiger partial charge in [-0.2, -0.15) is 0 Å². The molecule has 0 saturated heterocycles. The van der Waals surface area contributed by atoms with Gasteiger partial charge in [0.2, 0.25) is 0 Å². The van der Waals surface area contributed by atoms with Crippen LogP contribution in [-0.2, 0) is 6.42 Å². The van der Waals surface area contributed by atoms with Gasteiger partial charge in [0.05, 0.1) is 3.57 Å². The number of hydrogen-bond acceptors (Lipinski definition) is 2. The van der Waals surface area contributed by atoms with Gasteiger partial charge in [0.15, 0.2) is 0 Å². The molecule has 1 atom stereocenters. The van der Waals surface area contributed by atoms with E-state index in [2.05, 4.69) is 41.6 Å². The fourth-order valence-electron chi connectivity index (χ4n) is 1.84. The number of para-hydroxylation sites is 1. The van der Waals surface area contributed by atoms with E-state index in [0.29, 0.717) is 0 Å². The molecule has 0 aliphatic rings. The van der Waals surface area contributed by atoms with Crippen molar-refractivity contribution in [2.75, 3.05) is 0 Å². The predicted molar refractivity (Wildman–Crippen MR) is 87.6 cm³/mol. The lowest BCUT2D eigenvalue weighted by Crippen LogP contribution is -2.21. The zero-order valence-corrected chi connectivity index (χ0v) is 13.1. The van der Waals surface area contributed by atoms with Gasteiger partial charge in [-0.15, -0.1) is 0 Å². The van der Waals surface area contributed by atoms with E-state index in [4.69, 9.17) is 10.5 Å². The molecule has 3 heteroatoms. The Labute approximate surface area is 128 Å². The van der Waals surface area contributed by atoms with Crippen molar-refractivity contribution in [3.05, 3.63) is 57.7 Å². The van der Waals surface area contributed by atoms with Crippen LogP contribution in [0.25, 0.3) is 0 Å². The summed E-state index contributed by atoms with van der Waals surface area (Å²) in [5.74, 6) is 1.75. The number of ether oxygens (including phenoxy) is 1. The van der Waals surface area contributed by atoms with Crippen molar-refractivity contribution in [2.45, 2.75) is 25.8 Å². The van der Waals surface area contributed by atoms with Crippen LogP contribution in [0.3, 0.4) is 0 Å². The average Bonchev–Trinajstić information content (AvgIpc) is 2.42. The summed E-state index contributed by atoms with van der Waals surface area (Å²) in [5.41, 5.74) is 7.21. The van der Waals surface area contributed by atoms with Crippen LogP contribution in [0.1, 0.15) is 18.9 Å². The number of halogens is 1. The SMILES string of the molecule is CCC(N)Cc1cccc(Oc2ccccc2I)c1. The van der Waals surface area contributed by atoms with E-state index in [1.165, 1.54) is 5.56 Å². The molecule has 0 aliphatic heterocycles. The second kappa shape index (κ2) is 6.91. The first-order valence-corrected chi connectivity index (χ1v) is 7.54. The summed E-state index contributed by atoms with van der Waals surface area (Å²) in [4.78, 5) is 0. The summed E-state index contributed by atoms with van der Waals surface area (Å²) in [5, 5.41) is 0. The van der Waals surface area contributed by atoms with Gasteiger partial charge in [-0.25, -0.2) is 0 Å². The van der Waals surface area contributed by atoms with Gasteiger partial charge in [-0.3, -0.25) is 0 Å². The molecular formula is C16H18INO. The third-order valence-corrected chi connectivity index (χ3v) is 3.88. The van der Waals surface area contributed by atoms with Gasteiger partial charge in [-0.05, 0) is 65.3 Å². The van der Waals surface area contributed by atoms with Crippen molar-refractivity contribution in [1.82, 2.24) is 0 Å². The highest BCUT2D eigenvalue weighted by molar-refractivity contribution is 14.1. The van der Waals surface area contributed by atoms with Crippen LogP contribution in [0.2, 0.25) is 0 Å². The van der Waals surface area contributed by atoms with E-state index in [9.17, 15) is 0 Å². The first-order valence-electron chi connectivity index (χ1n) is 6.46. The number of nitrogens with two attached hydrogens (primary N) is 1. The first-order chi connectivity index (χ1) is 9.19. The molecule has 1 unspecified atom stereocenters. The van der Waals surface area contributed by atoms with Crippen molar-refractivity contribution < 1.29 is 4.74 Å². The van der Waals surface area contributed by atoms with E-state index in [1.54, 1.807) is 0 Å². The zero-order valence-electron chi connectivity index (χ0n) is 11.0. The highest BCUT2D eigenvalue weighted by atomic mass is 127. The Morgan fingerprint density at radius 2 is 1.95 bits per heavy atom.